The van der Waals surface area contributed by atoms with E-state index in [1.807, 2.05) is 6.07 Å². The van der Waals surface area contributed by atoms with E-state index >= 15 is 0 Å². The van der Waals surface area contributed by atoms with Gasteiger partial charge in [-0.05, 0) is 12.1 Å². The Morgan fingerprint density at radius 1 is 1.32 bits per heavy atom. The van der Waals surface area contributed by atoms with E-state index < -0.39 is 17.9 Å². The summed E-state index contributed by atoms with van der Waals surface area (Å²) < 4.78 is 5.25. The van der Waals surface area contributed by atoms with Crippen molar-refractivity contribution < 1.29 is 24.2 Å². The zero-order valence-electron chi connectivity index (χ0n) is 10.1. The standard InChI is InChI=1S/C13H13NO5/c15-9-6-11(13(17)18)14(7-9)12(16)8-19-10-4-2-1-3-5-10/h1-5,11H,6-8H2,(H,17,18). The number of carboxylic acid groups (broad SMARTS) is 1. The van der Waals surface area contributed by atoms with Crippen molar-refractivity contribution in [3.8, 4) is 5.75 Å². The molecule has 6 heteroatoms. The second-order valence-electron chi connectivity index (χ2n) is 4.22. The van der Waals surface area contributed by atoms with Gasteiger partial charge < -0.3 is 14.7 Å². The minimum absolute atomic E-state index is 0.133. The number of ether oxygens (including phenoxy) is 1. The van der Waals surface area contributed by atoms with Gasteiger partial charge in [0.2, 0.25) is 0 Å². The molecule has 0 spiro atoms. The smallest absolute Gasteiger partial charge is 0.326 e. The first kappa shape index (κ1) is 13.1. The third-order valence-corrected chi connectivity index (χ3v) is 2.85. The van der Waals surface area contributed by atoms with Crippen LogP contribution < -0.4 is 4.74 Å². The number of carboxylic acids is 1. The Labute approximate surface area is 109 Å². The number of amides is 1. The van der Waals surface area contributed by atoms with Crippen LogP contribution in [0.25, 0.3) is 0 Å². The summed E-state index contributed by atoms with van der Waals surface area (Å²) in [5.74, 6) is -1.39. The summed E-state index contributed by atoms with van der Waals surface area (Å²) in [7, 11) is 0. The predicted molar refractivity (Wildman–Crippen MR) is 64.7 cm³/mol. The first-order chi connectivity index (χ1) is 9.08. The van der Waals surface area contributed by atoms with E-state index in [1.54, 1.807) is 24.3 Å². The molecule has 1 saturated heterocycles. The van der Waals surface area contributed by atoms with Gasteiger partial charge in [-0.1, -0.05) is 18.2 Å². The Morgan fingerprint density at radius 3 is 2.63 bits per heavy atom. The van der Waals surface area contributed by atoms with Gasteiger partial charge in [0.25, 0.3) is 5.91 Å². The first-order valence-electron chi connectivity index (χ1n) is 5.80. The lowest BCUT2D eigenvalue weighted by Gasteiger charge is -2.20. The van der Waals surface area contributed by atoms with Gasteiger partial charge in [-0.25, -0.2) is 4.79 Å². The van der Waals surface area contributed by atoms with E-state index in [2.05, 4.69) is 0 Å². The molecule has 1 amide bonds. The van der Waals surface area contributed by atoms with Crippen LogP contribution in [0.3, 0.4) is 0 Å². The van der Waals surface area contributed by atoms with Crippen LogP contribution >= 0.6 is 0 Å². The number of carbonyl (C=O) groups excluding carboxylic acids is 2. The van der Waals surface area contributed by atoms with Crippen molar-refractivity contribution in [2.45, 2.75) is 12.5 Å². The lowest BCUT2D eigenvalue weighted by molar-refractivity contribution is -0.148. The maximum absolute atomic E-state index is 11.9. The maximum Gasteiger partial charge on any atom is 0.326 e. The lowest BCUT2D eigenvalue weighted by Crippen LogP contribution is -2.42. The monoisotopic (exact) mass is 263 g/mol. The van der Waals surface area contributed by atoms with Gasteiger partial charge in [0.15, 0.2) is 12.4 Å². The molecule has 19 heavy (non-hydrogen) atoms. The van der Waals surface area contributed by atoms with E-state index in [-0.39, 0.29) is 25.4 Å². The average molecular weight is 263 g/mol. The number of ketones is 1. The molecule has 1 aliphatic rings. The van der Waals surface area contributed by atoms with Gasteiger partial charge in [0.1, 0.15) is 11.8 Å². The van der Waals surface area contributed by atoms with Crippen molar-refractivity contribution in [3.05, 3.63) is 30.3 Å². The number of likely N-dealkylation sites (tertiary alicyclic amines) is 1. The molecule has 0 saturated carbocycles. The number of Topliss-reactive ketones (excluding diaryl/α,β-unsaturated/α-hetero) is 1. The normalized spacial score (nSPS) is 18.4. The summed E-state index contributed by atoms with van der Waals surface area (Å²) in [5.41, 5.74) is 0. The summed E-state index contributed by atoms with van der Waals surface area (Å²) >= 11 is 0. The molecule has 1 aromatic carbocycles. The van der Waals surface area contributed by atoms with E-state index in [9.17, 15) is 14.4 Å². The van der Waals surface area contributed by atoms with E-state index in [1.165, 1.54) is 0 Å². The molecule has 1 fully saturated rings. The van der Waals surface area contributed by atoms with Crippen molar-refractivity contribution in [2.24, 2.45) is 0 Å². The van der Waals surface area contributed by atoms with Gasteiger partial charge in [-0.3, -0.25) is 9.59 Å². The molecule has 0 bridgehead atoms. The zero-order chi connectivity index (χ0) is 13.8. The summed E-state index contributed by atoms with van der Waals surface area (Å²) in [5, 5.41) is 8.95. The van der Waals surface area contributed by atoms with Crippen molar-refractivity contribution >= 4 is 17.7 Å². The van der Waals surface area contributed by atoms with E-state index in [0.717, 1.165) is 4.90 Å². The molecular formula is C13H13NO5. The Morgan fingerprint density at radius 2 is 2.00 bits per heavy atom. The molecule has 1 N–H and O–H groups in total. The number of benzene rings is 1. The van der Waals surface area contributed by atoms with Crippen LogP contribution in [-0.2, 0) is 14.4 Å². The third kappa shape index (κ3) is 3.09. The maximum atomic E-state index is 11.9. The largest absolute Gasteiger partial charge is 0.484 e. The lowest BCUT2D eigenvalue weighted by atomic mass is 10.2. The third-order valence-electron chi connectivity index (χ3n) is 2.85. The van der Waals surface area contributed by atoms with Crippen molar-refractivity contribution in [1.82, 2.24) is 4.90 Å². The number of aliphatic carboxylic acids is 1. The van der Waals surface area contributed by atoms with E-state index in [4.69, 9.17) is 9.84 Å². The van der Waals surface area contributed by atoms with Gasteiger partial charge in [-0.2, -0.15) is 0 Å². The Kier molecular flexibility index (Phi) is 3.79. The molecule has 0 aromatic heterocycles. The molecule has 1 aromatic rings. The topological polar surface area (TPSA) is 83.9 Å². The van der Waals surface area contributed by atoms with Crippen LogP contribution in [0.1, 0.15) is 6.42 Å². The van der Waals surface area contributed by atoms with Gasteiger partial charge in [-0.15, -0.1) is 0 Å². The van der Waals surface area contributed by atoms with Gasteiger partial charge in [0, 0.05) is 6.42 Å². The molecular weight excluding hydrogens is 250 g/mol. The SMILES string of the molecule is O=C1CC(C(=O)O)N(C(=O)COc2ccccc2)C1. The molecule has 1 heterocycles. The number of hydrogen-bond donors (Lipinski definition) is 1. The second kappa shape index (κ2) is 5.51. The van der Waals surface area contributed by atoms with Gasteiger partial charge >= 0.3 is 5.97 Å². The van der Waals surface area contributed by atoms with E-state index in [0.29, 0.717) is 5.75 Å². The molecule has 2 rings (SSSR count). The fourth-order valence-corrected chi connectivity index (χ4v) is 1.92. The van der Waals surface area contributed by atoms with Crippen LogP contribution in [0.5, 0.6) is 5.75 Å². The molecule has 0 radical (unpaired) electrons. The number of rotatable bonds is 4. The quantitative estimate of drug-likeness (QED) is 0.845. The average Bonchev–Trinajstić information content (AvgIpc) is 2.79. The Bertz CT molecular complexity index is 499. The number of hydrogen-bond acceptors (Lipinski definition) is 4. The number of carbonyl (C=O) groups is 3. The minimum Gasteiger partial charge on any atom is -0.484 e. The Balaban J connectivity index is 1.96. The van der Waals surface area contributed by atoms with Crippen molar-refractivity contribution in [2.75, 3.05) is 13.2 Å². The van der Waals surface area contributed by atoms with Crippen molar-refractivity contribution in [1.29, 1.82) is 0 Å². The van der Waals surface area contributed by atoms with Crippen LogP contribution in [0.2, 0.25) is 0 Å². The molecule has 100 valence electrons. The van der Waals surface area contributed by atoms with Crippen LogP contribution in [0, 0.1) is 0 Å². The molecule has 1 aliphatic heterocycles. The molecule has 1 unspecified atom stereocenters. The van der Waals surface area contributed by atoms with Crippen LogP contribution in [0.15, 0.2) is 30.3 Å². The van der Waals surface area contributed by atoms with Gasteiger partial charge in [0.05, 0.1) is 6.54 Å². The summed E-state index contributed by atoms with van der Waals surface area (Å²) in [4.78, 5) is 35.1. The molecule has 1 atom stereocenters. The second-order valence-corrected chi connectivity index (χ2v) is 4.22. The highest BCUT2D eigenvalue weighted by atomic mass is 16.5. The fourth-order valence-electron chi connectivity index (χ4n) is 1.92. The molecule has 0 aliphatic carbocycles. The number of nitrogens with zero attached hydrogens (tertiary/aromatic N) is 1. The molecule has 6 nitrogen and oxygen atoms in total. The first-order valence-corrected chi connectivity index (χ1v) is 5.80. The van der Waals surface area contributed by atoms with Crippen LogP contribution in [-0.4, -0.2) is 46.9 Å². The minimum atomic E-state index is -1.17. The Hall–Kier alpha value is -2.37. The predicted octanol–water partition coefficient (Wildman–Crippen LogP) is 0.320. The fraction of sp³-hybridized carbons (Fsp3) is 0.308. The highest BCUT2D eigenvalue weighted by Crippen LogP contribution is 2.16. The number of para-hydroxylation sites is 1. The zero-order valence-corrected chi connectivity index (χ0v) is 10.1. The highest BCUT2D eigenvalue weighted by Gasteiger charge is 2.38. The summed E-state index contributed by atoms with van der Waals surface area (Å²) in [6.45, 7) is -0.435. The summed E-state index contributed by atoms with van der Waals surface area (Å²) in [6, 6.07) is 7.65. The van der Waals surface area contributed by atoms with Crippen molar-refractivity contribution in [3.63, 3.8) is 0 Å². The summed E-state index contributed by atoms with van der Waals surface area (Å²) in [6.07, 6.45) is -0.133. The van der Waals surface area contributed by atoms with Crippen LogP contribution in [0.4, 0.5) is 0 Å². The highest BCUT2D eigenvalue weighted by molar-refractivity contribution is 5.97.